The van der Waals surface area contributed by atoms with Crippen molar-refractivity contribution in [3.8, 4) is 0 Å². The highest BCUT2D eigenvalue weighted by molar-refractivity contribution is 7.93. The molecule has 1 N–H and O–H groups in total. The van der Waals surface area contributed by atoms with E-state index in [0.29, 0.717) is 10.6 Å². The SMILES string of the molecule is Cc1ccc(S(=O)(=O)Nc2ccc3c(c2)CN(C)CC3)c2ccccc12. The van der Waals surface area contributed by atoms with Gasteiger partial charge in [0, 0.05) is 24.2 Å². The molecular formula is C21H22N2O2S. The Morgan fingerprint density at radius 1 is 0.962 bits per heavy atom. The highest BCUT2D eigenvalue weighted by Gasteiger charge is 2.20. The first kappa shape index (κ1) is 17.1. The van der Waals surface area contributed by atoms with Gasteiger partial charge in [-0.3, -0.25) is 4.72 Å². The Morgan fingerprint density at radius 2 is 1.73 bits per heavy atom. The molecule has 0 aliphatic carbocycles. The van der Waals surface area contributed by atoms with Crippen LogP contribution in [0.3, 0.4) is 0 Å². The summed E-state index contributed by atoms with van der Waals surface area (Å²) in [6, 6.07) is 17.0. The number of fused-ring (bicyclic) bond motifs is 2. The van der Waals surface area contributed by atoms with Gasteiger partial charge in [0.05, 0.1) is 4.90 Å². The average molecular weight is 366 g/mol. The minimum absolute atomic E-state index is 0.313. The standard InChI is InChI=1S/C21H22N2O2S/c1-15-7-10-21(20-6-4-3-5-19(15)20)26(24,25)22-18-9-8-16-11-12-23(2)14-17(16)13-18/h3-10,13,22H,11-12,14H2,1-2H3. The number of benzene rings is 3. The lowest BCUT2D eigenvalue weighted by Gasteiger charge is -2.25. The van der Waals surface area contributed by atoms with E-state index in [-0.39, 0.29) is 0 Å². The summed E-state index contributed by atoms with van der Waals surface area (Å²) in [5, 5.41) is 1.71. The van der Waals surface area contributed by atoms with Crippen LogP contribution in [-0.2, 0) is 23.0 Å². The average Bonchev–Trinajstić information content (AvgIpc) is 2.61. The Labute approximate surface area is 154 Å². The van der Waals surface area contributed by atoms with Crippen molar-refractivity contribution in [2.45, 2.75) is 24.8 Å². The molecule has 0 fully saturated rings. The minimum Gasteiger partial charge on any atom is -0.302 e. The second kappa shape index (κ2) is 6.41. The monoisotopic (exact) mass is 366 g/mol. The molecule has 0 spiro atoms. The Balaban J connectivity index is 1.73. The van der Waals surface area contributed by atoms with E-state index in [1.54, 1.807) is 6.07 Å². The zero-order chi connectivity index (χ0) is 18.3. The van der Waals surface area contributed by atoms with Crippen molar-refractivity contribution in [2.24, 2.45) is 0 Å². The molecule has 0 saturated carbocycles. The van der Waals surface area contributed by atoms with E-state index in [1.165, 1.54) is 11.1 Å². The van der Waals surface area contributed by atoms with E-state index in [9.17, 15) is 8.42 Å². The molecular weight excluding hydrogens is 344 g/mol. The van der Waals surface area contributed by atoms with E-state index in [0.717, 1.165) is 35.8 Å². The van der Waals surface area contributed by atoms with E-state index >= 15 is 0 Å². The molecule has 3 aromatic rings. The van der Waals surface area contributed by atoms with E-state index in [4.69, 9.17) is 0 Å². The van der Waals surface area contributed by atoms with Gasteiger partial charge in [0.1, 0.15) is 0 Å². The van der Waals surface area contributed by atoms with Gasteiger partial charge in [-0.1, -0.05) is 36.4 Å². The summed E-state index contributed by atoms with van der Waals surface area (Å²) in [5.41, 5.74) is 4.17. The lowest BCUT2D eigenvalue weighted by atomic mass is 10.00. The molecule has 4 rings (SSSR count). The van der Waals surface area contributed by atoms with Crippen molar-refractivity contribution in [3.05, 3.63) is 71.3 Å². The van der Waals surface area contributed by atoms with Crippen LogP contribution in [0.4, 0.5) is 5.69 Å². The molecule has 0 amide bonds. The summed E-state index contributed by atoms with van der Waals surface area (Å²) in [6.45, 7) is 3.87. The van der Waals surface area contributed by atoms with Crippen LogP contribution in [0.25, 0.3) is 10.8 Å². The second-order valence-corrected chi connectivity index (χ2v) is 8.65. The van der Waals surface area contributed by atoms with Crippen molar-refractivity contribution >= 4 is 26.5 Å². The summed E-state index contributed by atoms with van der Waals surface area (Å²) in [7, 11) is -1.58. The lowest BCUT2D eigenvalue weighted by Crippen LogP contribution is -2.26. The predicted molar refractivity (Wildman–Crippen MR) is 106 cm³/mol. The van der Waals surface area contributed by atoms with Crippen LogP contribution in [-0.4, -0.2) is 26.9 Å². The number of sulfonamides is 1. The summed E-state index contributed by atoms with van der Waals surface area (Å²) in [4.78, 5) is 2.56. The van der Waals surface area contributed by atoms with Crippen LogP contribution in [0.1, 0.15) is 16.7 Å². The Bertz CT molecular complexity index is 1090. The maximum atomic E-state index is 13.0. The summed E-state index contributed by atoms with van der Waals surface area (Å²) >= 11 is 0. The molecule has 0 unspecified atom stereocenters. The lowest BCUT2D eigenvalue weighted by molar-refractivity contribution is 0.313. The molecule has 1 aliphatic heterocycles. The maximum Gasteiger partial charge on any atom is 0.262 e. The maximum absolute atomic E-state index is 13.0. The number of aryl methyl sites for hydroxylation is 1. The Morgan fingerprint density at radius 3 is 2.54 bits per heavy atom. The number of likely N-dealkylation sites (N-methyl/N-ethyl adjacent to an activating group) is 1. The largest absolute Gasteiger partial charge is 0.302 e. The van der Waals surface area contributed by atoms with Crippen LogP contribution in [0.2, 0.25) is 0 Å². The highest BCUT2D eigenvalue weighted by Crippen LogP contribution is 2.28. The number of nitrogens with one attached hydrogen (secondary N) is 1. The summed E-state index contributed by atoms with van der Waals surface area (Å²) in [5.74, 6) is 0. The summed E-state index contributed by atoms with van der Waals surface area (Å²) in [6.07, 6.45) is 1.00. The third-order valence-electron chi connectivity index (χ3n) is 5.05. The number of hydrogen-bond donors (Lipinski definition) is 1. The van der Waals surface area contributed by atoms with Gasteiger partial charge in [-0.15, -0.1) is 0 Å². The van der Waals surface area contributed by atoms with E-state index in [2.05, 4.69) is 16.7 Å². The zero-order valence-electron chi connectivity index (χ0n) is 15.0. The molecule has 26 heavy (non-hydrogen) atoms. The van der Waals surface area contributed by atoms with Gasteiger partial charge in [0.25, 0.3) is 10.0 Å². The minimum atomic E-state index is -3.66. The normalized spacial score (nSPS) is 15.0. The Kier molecular flexibility index (Phi) is 4.21. The van der Waals surface area contributed by atoms with Crippen LogP contribution < -0.4 is 4.72 Å². The molecule has 134 valence electrons. The van der Waals surface area contributed by atoms with Gasteiger partial charge in [-0.2, -0.15) is 0 Å². The highest BCUT2D eigenvalue weighted by atomic mass is 32.2. The van der Waals surface area contributed by atoms with Crippen molar-refractivity contribution in [3.63, 3.8) is 0 Å². The fourth-order valence-electron chi connectivity index (χ4n) is 3.63. The fraction of sp³-hybridized carbons (Fsp3) is 0.238. The molecule has 0 aromatic heterocycles. The third-order valence-corrected chi connectivity index (χ3v) is 6.49. The van der Waals surface area contributed by atoms with Gasteiger partial charge < -0.3 is 4.90 Å². The van der Waals surface area contributed by atoms with Crippen LogP contribution >= 0.6 is 0 Å². The molecule has 5 heteroatoms. The van der Waals surface area contributed by atoms with Gasteiger partial charge in [0.2, 0.25) is 0 Å². The van der Waals surface area contributed by atoms with Crippen molar-refractivity contribution in [1.29, 1.82) is 0 Å². The fourth-order valence-corrected chi connectivity index (χ4v) is 4.89. The quantitative estimate of drug-likeness (QED) is 0.764. The van der Waals surface area contributed by atoms with Crippen molar-refractivity contribution in [2.75, 3.05) is 18.3 Å². The molecule has 0 radical (unpaired) electrons. The molecule has 1 aliphatic rings. The summed E-state index contributed by atoms with van der Waals surface area (Å²) < 4.78 is 28.8. The number of anilines is 1. The van der Waals surface area contributed by atoms with Gasteiger partial charge in [0.15, 0.2) is 0 Å². The first-order valence-electron chi connectivity index (χ1n) is 8.75. The number of nitrogens with zero attached hydrogens (tertiary/aromatic N) is 1. The van der Waals surface area contributed by atoms with Crippen molar-refractivity contribution in [1.82, 2.24) is 4.90 Å². The number of rotatable bonds is 3. The first-order valence-corrected chi connectivity index (χ1v) is 10.2. The second-order valence-electron chi connectivity index (χ2n) is 7.00. The van der Waals surface area contributed by atoms with Crippen LogP contribution in [0.5, 0.6) is 0 Å². The van der Waals surface area contributed by atoms with E-state index in [1.807, 2.05) is 55.5 Å². The molecule has 4 nitrogen and oxygen atoms in total. The molecule has 0 bridgehead atoms. The molecule has 1 heterocycles. The predicted octanol–water partition coefficient (Wildman–Crippen LogP) is 3.94. The van der Waals surface area contributed by atoms with E-state index < -0.39 is 10.0 Å². The Hall–Kier alpha value is -2.37. The van der Waals surface area contributed by atoms with Crippen molar-refractivity contribution < 1.29 is 8.42 Å². The molecule has 0 atom stereocenters. The topological polar surface area (TPSA) is 49.4 Å². The zero-order valence-corrected chi connectivity index (χ0v) is 15.8. The smallest absolute Gasteiger partial charge is 0.262 e. The van der Waals surface area contributed by atoms with Gasteiger partial charge in [-0.05, 0) is 60.7 Å². The molecule has 0 saturated heterocycles. The number of hydrogen-bond acceptors (Lipinski definition) is 3. The third kappa shape index (κ3) is 3.08. The van der Waals surface area contributed by atoms with Gasteiger partial charge >= 0.3 is 0 Å². The van der Waals surface area contributed by atoms with Gasteiger partial charge in [-0.25, -0.2) is 8.42 Å². The van der Waals surface area contributed by atoms with Crippen LogP contribution in [0.15, 0.2) is 59.5 Å². The van der Waals surface area contributed by atoms with Crippen LogP contribution in [0, 0.1) is 6.92 Å². The molecule has 3 aromatic carbocycles. The first-order chi connectivity index (χ1) is 12.4.